The molecule has 0 aliphatic rings. The van der Waals surface area contributed by atoms with Crippen LogP contribution in [-0.2, 0) is 0 Å². The molecular weight excluding hydrogens is 325 g/mol. The fourth-order valence-electron chi connectivity index (χ4n) is 1.28. The second-order valence-electron chi connectivity index (χ2n) is 2.97. The molecule has 0 aromatic heterocycles. The van der Waals surface area contributed by atoms with E-state index in [2.05, 4.69) is 60.7 Å². The minimum atomic E-state index is -0.0874. The van der Waals surface area contributed by atoms with E-state index in [0.29, 0.717) is 0 Å². The fraction of sp³-hybridized carbons (Fsp3) is 0. The van der Waals surface area contributed by atoms with Crippen molar-refractivity contribution in [3.05, 3.63) is 60.7 Å². The summed E-state index contributed by atoms with van der Waals surface area (Å²) in [4.78, 5) is 0. The van der Waals surface area contributed by atoms with Crippen LogP contribution >= 0.6 is 2.89 Å². The first-order chi connectivity index (χ1) is 6.88. The molecular formula is C12H10PSm. The molecule has 2 heteroatoms. The molecule has 0 saturated heterocycles. The van der Waals surface area contributed by atoms with Gasteiger partial charge in [0.1, 0.15) is 0 Å². The van der Waals surface area contributed by atoms with Gasteiger partial charge in [0, 0.05) is 0 Å². The zero-order valence-electron chi connectivity index (χ0n) is 7.63. The molecule has 0 aliphatic heterocycles. The van der Waals surface area contributed by atoms with Gasteiger partial charge in [-0.3, -0.25) is 0 Å². The van der Waals surface area contributed by atoms with Crippen LogP contribution in [0.15, 0.2) is 60.7 Å². The van der Waals surface area contributed by atoms with Crippen molar-refractivity contribution in [2.75, 3.05) is 0 Å². The van der Waals surface area contributed by atoms with E-state index in [9.17, 15) is 0 Å². The summed E-state index contributed by atoms with van der Waals surface area (Å²) in [6, 6.07) is 21.6. The normalized spacial score (nSPS) is 10.4. The molecule has 2 aromatic rings. The van der Waals surface area contributed by atoms with E-state index < -0.39 is 0 Å². The Hall–Kier alpha value is 0.208. The van der Waals surface area contributed by atoms with Crippen molar-refractivity contribution in [2.45, 2.75) is 0 Å². The first kappa shape index (κ1) is 10.7. The van der Waals surface area contributed by atoms with E-state index in [-0.39, 0.29) is 2.89 Å². The van der Waals surface area contributed by atoms with Crippen molar-refractivity contribution in [1.29, 1.82) is 0 Å². The van der Waals surface area contributed by atoms with Gasteiger partial charge >= 0.3 is 112 Å². The molecule has 2 rings (SSSR count). The van der Waals surface area contributed by atoms with Crippen molar-refractivity contribution in [1.82, 2.24) is 0 Å². The first-order valence-corrected chi connectivity index (χ1v) is 9.23. The zero-order chi connectivity index (χ0) is 9.80. The predicted octanol–water partition coefficient (Wildman–Crippen LogP) is 2.58. The Labute approximate surface area is 111 Å². The van der Waals surface area contributed by atoms with Gasteiger partial charge in [0.2, 0.25) is 0 Å². The van der Waals surface area contributed by atoms with Crippen LogP contribution in [-0.4, -0.2) is 0 Å². The van der Waals surface area contributed by atoms with Gasteiger partial charge in [-0.1, -0.05) is 0 Å². The number of hydrogen-bond donors (Lipinski definition) is 0. The van der Waals surface area contributed by atoms with E-state index >= 15 is 0 Å². The average molecular weight is 336 g/mol. The second-order valence-corrected chi connectivity index (χ2v) is 8.10. The topological polar surface area (TPSA) is 0 Å². The molecule has 0 amide bonds. The molecule has 0 radical (unpaired) electrons. The molecule has 14 heavy (non-hydrogen) atoms. The third kappa shape index (κ3) is 2.62. The third-order valence-corrected chi connectivity index (χ3v) is 7.57. The minimum absolute atomic E-state index is 0.0874. The summed E-state index contributed by atoms with van der Waals surface area (Å²) in [6.07, 6.45) is 0. The van der Waals surface area contributed by atoms with Crippen LogP contribution in [0.25, 0.3) is 0 Å². The Bertz CT molecular complexity index is 346. The second kappa shape index (κ2) is 5.34. The van der Waals surface area contributed by atoms with Gasteiger partial charge in [-0.25, -0.2) is 0 Å². The van der Waals surface area contributed by atoms with Crippen molar-refractivity contribution >= 4 is 13.5 Å². The summed E-state index contributed by atoms with van der Waals surface area (Å²) in [5.74, 6) is 0. The van der Waals surface area contributed by atoms with Gasteiger partial charge in [-0.05, 0) is 0 Å². The molecule has 0 heterocycles. The molecule has 0 aliphatic carbocycles. The number of rotatable bonds is 2. The molecule has 0 spiro atoms. The number of hydrogen-bond acceptors (Lipinski definition) is 0. The molecule has 0 N–H and O–H groups in total. The summed E-state index contributed by atoms with van der Waals surface area (Å²) in [5, 5.41) is 2.95. The molecule has 69 valence electrons. The van der Waals surface area contributed by atoms with Crippen LogP contribution in [0.3, 0.4) is 0 Å². The Balaban J connectivity index is 2.30. The molecule has 0 atom stereocenters. The van der Waals surface area contributed by atoms with E-state index in [1.54, 1.807) is 37.6 Å². The van der Waals surface area contributed by atoms with Gasteiger partial charge in [-0.2, -0.15) is 0 Å². The Morgan fingerprint density at radius 2 is 1.00 bits per heavy atom. The van der Waals surface area contributed by atoms with Gasteiger partial charge in [-0.15, -0.1) is 0 Å². The molecule has 2 aromatic carbocycles. The van der Waals surface area contributed by atoms with Crippen LogP contribution in [0.2, 0.25) is 0 Å². The average Bonchev–Trinajstić information content (AvgIpc) is 2.30. The van der Waals surface area contributed by atoms with Crippen molar-refractivity contribution in [3.63, 3.8) is 0 Å². The van der Waals surface area contributed by atoms with Crippen molar-refractivity contribution in [3.8, 4) is 0 Å². The molecule has 0 bridgehead atoms. The predicted molar refractivity (Wildman–Crippen MR) is 59.1 cm³/mol. The van der Waals surface area contributed by atoms with Gasteiger partial charge < -0.3 is 0 Å². The SMILES string of the molecule is [Sm][P](c1ccccc1)c1ccccc1. The molecule has 0 nitrogen and oxygen atoms in total. The van der Waals surface area contributed by atoms with Crippen LogP contribution in [0, 0.1) is 37.6 Å². The van der Waals surface area contributed by atoms with Crippen molar-refractivity contribution < 1.29 is 37.6 Å². The van der Waals surface area contributed by atoms with Gasteiger partial charge in [0.05, 0.1) is 0 Å². The fourth-order valence-corrected chi connectivity index (χ4v) is 4.80. The summed E-state index contributed by atoms with van der Waals surface area (Å²) < 4.78 is -0.0874. The van der Waals surface area contributed by atoms with Crippen LogP contribution < -0.4 is 10.6 Å². The van der Waals surface area contributed by atoms with Crippen LogP contribution in [0.4, 0.5) is 0 Å². The van der Waals surface area contributed by atoms with Gasteiger partial charge in [0.15, 0.2) is 0 Å². The van der Waals surface area contributed by atoms with E-state index in [1.165, 1.54) is 10.6 Å². The summed E-state index contributed by atoms with van der Waals surface area (Å²) in [5.41, 5.74) is 0. The summed E-state index contributed by atoms with van der Waals surface area (Å²) in [6.45, 7) is 0. The van der Waals surface area contributed by atoms with E-state index in [4.69, 9.17) is 0 Å². The Kier molecular flexibility index (Phi) is 4.08. The van der Waals surface area contributed by atoms with Crippen LogP contribution in [0.5, 0.6) is 0 Å². The third-order valence-electron chi connectivity index (χ3n) is 1.98. The van der Waals surface area contributed by atoms with E-state index in [1.807, 2.05) is 0 Å². The monoisotopic (exact) mass is 337 g/mol. The zero-order valence-corrected chi connectivity index (χ0v) is 11.1. The van der Waals surface area contributed by atoms with Crippen LogP contribution in [0.1, 0.15) is 0 Å². The van der Waals surface area contributed by atoms with Gasteiger partial charge in [0.25, 0.3) is 0 Å². The maximum atomic E-state index is 2.23. The maximum absolute atomic E-state index is 2.23. The number of benzene rings is 2. The molecule has 0 unspecified atom stereocenters. The quantitative estimate of drug-likeness (QED) is 0.740. The summed E-state index contributed by atoms with van der Waals surface area (Å²) in [7, 11) is 0. The summed E-state index contributed by atoms with van der Waals surface area (Å²) >= 11 is 1.66. The first-order valence-electron chi connectivity index (χ1n) is 4.45. The van der Waals surface area contributed by atoms with Crippen molar-refractivity contribution in [2.24, 2.45) is 0 Å². The Morgan fingerprint density at radius 3 is 1.36 bits per heavy atom. The standard InChI is InChI=1S/C12H10P.Sm/c1-3-7-11(8-4-1)13-12-9-5-2-6-10-12;/h1-10H;/q-1;+1. The Morgan fingerprint density at radius 1 is 0.643 bits per heavy atom. The molecule has 0 saturated carbocycles. The molecule has 0 fully saturated rings. The van der Waals surface area contributed by atoms with E-state index in [0.717, 1.165) is 0 Å².